The molecule has 34 heavy (non-hydrogen) atoms. The van der Waals surface area contributed by atoms with Crippen molar-refractivity contribution in [2.24, 2.45) is 4.99 Å². The van der Waals surface area contributed by atoms with Crippen molar-refractivity contribution in [3.05, 3.63) is 92.8 Å². The molecule has 0 saturated carbocycles. The third-order valence-electron chi connectivity index (χ3n) is 5.04. The van der Waals surface area contributed by atoms with Crippen LogP contribution in [-0.4, -0.2) is 18.2 Å². The van der Waals surface area contributed by atoms with E-state index in [1.165, 1.54) is 11.8 Å². The molecule has 3 aromatic carbocycles. The van der Waals surface area contributed by atoms with E-state index in [4.69, 9.17) is 21.1 Å². The fourth-order valence-corrected chi connectivity index (χ4v) is 4.22. The van der Waals surface area contributed by atoms with Gasteiger partial charge in [0.25, 0.3) is 5.91 Å². The summed E-state index contributed by atoms with van der Waals surface area (Å²) in [5.41, 5.74) is 3.76. The highest BCUT2D eigenvalue weighted by atomic mass is 35.5. The van der Waals surface area contributed by atoms with E-state index < -0.39 is 0 Å². The van der Waals surface area contributed by atoms with Crippen LogP contribution < -0.4 is 14.8 Å². The Balaban J connectivity index is 1.50. The Hall–Kier alpha value is -3.73. The van der Waals surface area contributed by atoms with Crippen LogP contribution >= 0.6 is 23.4 Å². The third-order valence-corrected chi connectivity index (χ3v) is 6.36. The standard InChI is InChI=1S/C26H20ClN3O3S/c1-16-7-9-20(13-21(16)27)29-26-30-25(31)24(34-26)12-17-8-10-22(23(11-17)32-2)33-15-19-6-4-3-5-18(19)14-28/h3-13H,15H2,1-2H3,(H,29,30,31)/b24-12-. The topological polar surface area (TPSA) is 83.7 Å². The number of aliphatic imine (C=N–C) groups is 1. The summed E-state index contributed by atoms with van der Waals surface area (Å²) in [4.78, 5) is 17.4. The van der Waals surface area contributed by atoms with Gasteiger partial charge in [-0.2, -0.15) is 5.26 Å². The smallest absolute Gasteiger partial charge is 0.264 e. The Morgan fingerprint density at radius 2 is 1.97 bits per heavy atom. The predicted molar refractivity (Wildman–Crippen MR) is 135 cm³/mol. The van der Waals surface area contributed by atoms with E-state index in [0.29, 0.717) is 37.8 Å². The second-order valence-corrected chi connectivity index (χ2v) is 8.82. The van der Waals surface area contributed by atoms with Crippen LogP contribution in [0.25, 0.3) is 6.08 Å². The fraction of sp³-hybridized carbons (Fsp3) is 0.115. The van der Waals surface area contributed by atoms with Crippen LogP contribution in [0.5, 0.6) is 11.5 Å². The van der Waals surface area contributed by atoms with E-state index in [-0.39, 0.29) is 12.5 Å². The highest BCUT2D eigenvalue weighted by Crippen LogP contribution is 2.33. The number of rotatable bonds is 6. The average molecular weight is 490 g/mol. The molecule has 6 nitrogen and oxygen atoms in total. The van der Waals surface area contributed by atoms with Gasteiger partial charge >= 0.3 is 0 Å². The Bertz CT molecular complexity index is 1360. The van der Waals surface area contributed by atoms with E-state index in [1.54, 1.807) is 37.5 Å². The molecule has 1 heterocycles. The van der Waals surface area contributed by atoms with Gasteiger partial charge in [0.05, 0.1) is 29.3 Å². The number of benzene rings is 3. The molecule has 0 bridgehead atoms. The lowest BCUT2D eigenvalue weighted by Crippen LogP contribution is -2.19. The van der Waals surface area contributed by atoms with Crippen molar-refractivity contribution in [2.45, 2.75) is 13.5 Å². The number of hydrogen-bond donors (Lipinski definition) is 1. The molecule has 170 valence electrons. The largest absolute Gasteiger partial charge is 0.493 e. The van der Waals surface area contributed by atoms with Crippen LogP contribution in [-0.2, 0) is 11.4 Å². The summed E-state index contributed by atoms with van der Waals surface area (Å²) in [6.07, 6.45) is 1.77. The molecule has 4 rings (SSSR count). The van der Waals surface area contributed by atoms with Gasteiger partial charge in [0, 0.05) is 10.6 Å². The van der Waals surface area contributed by atoms with Gasteiger partial charge in [-0.15, -0.1) is 0 Å². The van der Waals surface area contributed by atoms with Crippen LogP contribution in [0.4, 0.5) is 5.69 Å². The summed E-state index contributed by atoms with van der Waals surface area (Å²) in [5.74, 6) is 0.837. The molecule has 1 amide bonds. The number of carbonyl (C=O) groups is 1. The summed E-state index contributed by atoms with van der Waals surface area (Å²) >= 11 is 7.42. The van der Waals surface area contributed by atoms with Gasteiger partial charge in [0.1, 0.15) is 6.61 Å². The van der Waals surface area contributed by atoms with E-state index in [2.05, 4.69) is 16.4 Å². The maximum Gasteiger partial charge on any atom is 0.264 e. The van der Waals surface area contributed by atoms with Crippen molar-refractivity contribution in [1.82, 2.24) is 5.32 Å². The van der Waals surface area contributed by atoms with Gasteiger partial charge in [0.2, 0.25) is 0 Å². The molecule has 1 aliphatic rings. The van der Waals surface area contributed by atoms with Gasteiger partial charge < -0.3 is 14.8 Å². The number of hydrogen-bond acceptors (Lipinski definition) is 6. The summed E-state index contributed by atoms with van der Waals surface area (Å²) < 4.78 is 11.4. The van der Waals surface area contributed by atoms with Crippen LogP contribution in [0.3, 0.4) is 0 Å². The highest BCUT2D eigenvalue weighted by Gasteiger charge is 2.24. The molecule has 0 unspecified atom stereocenters. The van der Waals surface area contributed by atoms with Crippen LogP contribution in [0.15, 0.2) is 70.6 Å². The molecule has 1 aliphatic heterocycles. The first-order chi connectivity index (χ1) is 16.5. The van der Waals surface area contributed by atoms with Crippen molar-refractivity contribution in [3.63, 3.8) is 0 Å². The Morgan fingerprint density at radius 3 is 2.74 bits per heavy atom. The predicted octanol–water partition coefficient (Wildman–Crippen LogP) is 6.00. The molecule has 3 aromatic rings. The van der Waals surface area contributed by atoms with Crippen molar-refractivity contribution < 1.29 is 14.3 Å². The molecule has 0 radical (unpaired) electrons. The Morgan fingerprint density at radius 1 is 1.15 bits per heavy atom. The number of halogens is 1. The number of aryl methyl sites for hydroxylation is 1. The van der Waals surface area contributed by atoms with Crippen molar-refractivity contribution in [2.75, 3.05) is 7.11 Å². The molecule has 1 N–H and O–H groups in total. The van der Waals surface area contributed by atoms with E-state index in [0.717, 1.165) is 16.7 Å². The number of nitriles is 1. The summed E-state index contributed by atoms with van der Waals surface area (Å²) in [6.45, 7) is 2.16. The monoisotopic (exact) mass is 489 g/mol. The lowest BCUT2D eigenvalue weighted by molar-refractivity contribution is -0.115. The van der Waals surface area contributed by atoms with E-state index >= 15 is 0 Å². The first kappa shape index (κ1) is 23.4. The van der Waals surface area contributed by atoms with Crippen LogP contribution in [0.1, 0.15) is 22.3 Å². The number of amides is 1. The fourth-order valence-electron chi connectivity index (χ4n) is 3.20. The molecule has 0 aliphatic carbocycles. The SMILES string of the molecule is COc1cc(/C=C2\SC(=Nc3ccc(C)c(Cl)c3)NC2=O)ccc1OCc1ccccc1C#N. The minimum Gasteiger partial charge on any atom is -0.493 e. The van der Waals surface area contributed by atoms with E-state index in [1.807, 2.05) is 43.3 Å². The number of carbonyl (C=O) groups excluding carboxylic acids is 1. The number of ether oxygens (including phenoxy) is 2. The van der Waals surface area contributed by atoms with Crippen LogP contribution in [0, 0.1) is 18.3 Å². The van der Waals surface area contributed by atoms with Gasteiger partial charge in [-0.3, -0.25) is 4.79 Å². The molecular formula is C26H20ClN3O3S. The number of nitrogens with one attached hydrogen (secondary N) is 1. The minimum absolute atomic E-state index is 0.227. The number of thioether (sulfide) groups is 1. The van der Waals surface area contributed by atoms with E-state index in [9.17, 15) is 10.1 Å². The zero-order chi connectivity index (χ0) is 24.1. The quantitative estimate of drug-likeness (QED) is 0.429. The van der Waals surface area contributed by atoms with Gasteiger partial charge in [-0.1, -0.05) is 41.9 Å². The summed E-state index contributed by atoms with van der Waals surface area (Å²) in [7, 11) is 1.55. The summed E-state index contributed by atoms with van der Waals surface area (Å²) in [5, 5.41) is 13.1. The normalized spacial score (nSPS) is 15.3. The van der Waals surface area contributed by atoms with Crippen LogP contribution in [0.2, 0.25) is 5.02 Å². The molecule has 0 aromatic heterocycles. The first-order valence-corrected chi connectivity index (χ1v) is 11.5. The highest BCUT2D eigenvalue weighted by molar-refractivity contribution is 8.18. The summed E-state index contributed by atoms with van der Waals surface area (Å²) in [6, 6.07) is 20.3. The van der Waals surface area contributed by atoms with Gasteiger partial charge in [-0.25, -0.2) is 4.99 Å². The molecule has 1 saturated heterocycles. The Kier molecular flexibility index (Phi) is 7.21. The first-order valence-electron chi connectivity index (χ1n) is 10.3. The van der Waals surface area contributed by atoms with Crippen molar-refractivity contribution in [3.8, 4) is 17.6 Å². The number of methoxy groups -OCH3 is 1. The number of amidine groups is 1. The maximum atomic E-state index is 12.5. The molecule has 1 fully saturated rings. The maximum absolute atomic E-state index is 12.5. The van der Waals surface area contributed by atoms with Crippen molar-refractivity contribution in [1.29, 1.82) is 5.26 Å². The minimum atomic E-state index is -0.227. The zero-order valence-electron chi connectivity index (χ0n) is 18.5. The molecule has 0 spiro atoms. The number of nitrogens with zero attached hydrogens (tertiary/aromatic N) is 2. The lowest BCUT2D eigenvalue weighted by Gasteiger charge is -2.12. The zero-order valence-corrected chi connectivity index (χ0v) is 20.0. The third kappa shape index (κ3) is 5.42. The van der Waals surface area contributed by atoms with Gasteiger partial charge in [-0.05, 0) is 66.2 Å². The van der Waals surface area contributed by atoms with Crippen molar-refractivity contribution >= 4 is 46.2 Å². The molecular weight excluding hydrogens is 470 g/mol. The second kappa shape index (κ2) is 10.5. The van der Waals surface area contributed by atoms with Gasteiger partial charge in [0.15, 0.2) is 16.7 Å². The second-order valence-electron chi connectivity index (χ2n) is 7.38. The molecule has 8 heteroatoms. The Labute approximate surface area is 206 Å². The average Bonchev–Trinajstić information content (AvgIpc) is 3.18. The molecule has 0 atom stereocenters. The lowest BCUT2D eigenvalue weighted by atomic mass is 10.1.